The number of thioether (sulfide) groups is 1. The van der Waals surface area contributed by atoms with Crippen LogP contribution >= 0.6 is 24.0 Å². The molecule has 0 saturated carbocycles. The van der Waals surface area contributed by atoms with E-state index in [4.69, 9.17) is 17.0 Å². The van der Waals surface area contributed by atoms with Gasteiger partial charge in [-0.1, -0.05) is 59.8 Å². The lowest BCUT2D eigenvalue weighted by atomic mass is 10.2. The maximum atomic E-state index is 12.5. The molecule has 8 nitrogen and oxygen atoms in total. The minimum atomic E-state index is -0.256. The summed E-state index contributed by atoms with van der Waals surface area (Å²) in [5.74, 6) is 1.29. The summed E-state index contributed by atoms with van der Waals surface area (Å²) in [7, 11) is 1.62. The maximum Gasteiger partial charge on any atom is 0.248 e. The summed E-state index contributed by atoms with van der Waals surface area (Å²) < 4.78 is 7.20. The number of hydrazine groups is 1. The second-order valence-corrected chi connectivity index (χ2v) is 8.84. The summed E-state index contributed by atoms with van der Waals surface area (Å²) in [5.41, 5.74) is 9.09. The average molecular weight is 505 g/mol. The number of methoxy groups -OCH3 is 1. The lowest BCUT2D eigenvalue weighted by molar-refractivity contribution is -0.119. The van der Waals surface area contributed by atoms with Crippen molar-refractivity contribution in [1.82, 2.24) is 25.6 Å². The van der Waals surface area contributed by atoms with Gasteiger partial charge in [0.05, 0.1) is 12.9 Å². The predicted octanol–water partition coefficient (Wildman–Crippen LogP) is 4.36. The van der Waals surface area contributed by atoms with Gasteiger partial charge in [-0.15, -0.1) is 10.2 Å². The number of anilines is 1. The number of carbonyl (C=O) groups is 1. The Labute approximate surface area is 213 Å². The molecule has 35 heavy (non-hydrogen) atoms. The summed E-state index contributed by atoms with van der Waals surface area (Å²) in [6.07, 6.45) is 0. The number of benzene rings is 3. The first-order valence-corrected chi connectivity index (χ1v) is 12.1. The molecule has 0 fully saturated rings. The molecule has 0 bridgehead atoms. The van der Waals surface area contributed by atoms with Gasteiger partial charge in [-0.2, -0.15) is 0 Å². The van der Waals surface area contributed by atoms with E-state index in [2.05, 4.69) is 26.4 Å². The highest BCUT2D eigenvalue weighted by atomic mass is 32.2. The monoisotopic (exact) mass is 504 g/mol. The molecule has 0 aliphatic rings. The van der Waals surface area contributed by atoms with Crippen LogP contribution in [0.2, 0.25) is 0 Å². The maximum absolute atomic E-state index is 12.5. The van der Waals surface area contributed by atoms with Gasteiger partial charge in [0.2, 0.25) is 5.91 Å². The summed E-state index contributed by atoms with van der Waals surface area (Å²) >= 11 is 6.52. The third-order valence-electron chi connectivity index (χ3n) is 4.95. The molecule has 4 aromatic rings. The molecule has 0 aliphatic carbocycles. The standard InChI is InChI=1S/C25H24N6O2S2/c1-17-8-10-19(11-9-17)26-24(34)29-27-22(32)16-35-25-30-28-23(18-6-4-3-5-7-18)31(25)20-12-14-21(33-2)15-13-20/h3-15H,16H2,1-2H3,(H,27,32)(H2,26,29,34). The average Bonchev–Trinajstić information content (AvgIpc) is 3.32. The number of rotatable bonds is 7. The van der Waals surface area contributed by atoms with Crippen LogP contribution in [-0.4, -0.2) is 38.6 Å². The van der Waals surface area contributed by atoms with Gasteiger partial charge in [0.15, 0.2) is 16.1 Å². The molecule has 0 unspecified atom stereocenters. The van der Waals surface area contributed by atoms with E-state index in [9.17, 15) is 4.79 Å². The molecular formula is C25H24N6O2S2. The topological polar surface area (TPSA) is 93.1 Å². The first-order chi connectivity index (χ1) is 17.0. The van der Waals surface area contributed by atoms with Gasteiger partial charge in [0.25, 0.3) is 0 Å². The van der Waals surface area contributed by atoms with Gasteiger partial charge in [-0.25, -0.2) is 0 Å². The molecule has 178 valence electrons. The molecule has 10 heteroatoms. The van der Waals surface area contributed by atoms with E-state index in [1.54, 1.807) is 7.11 Å². The first kappa shape index (κ1) is 24.2. The minimum absolute atomic E-state index is 0.114. The third-order valence-corrected chi connectivity index (χ3v) is 6.09. The number of nitrogens with one attached hydrogen (secondary N) is 3. The van der Waals surface area contributed by atoms with Crippen LogP contribution in [0.5, 0.6) is 5.75 Å². The lowest BCUT2D eigenvalue weighted by Crippen LogP contribution is -2.44. The second-order valence-electron chi connectivity index (χ2n) is 7.49. The van der Waals surface area contributed by atoms with Crippen molar-refractivity contribution in [3.05, 3.63) is 84.4 Å². The van der Waals surface area contributed by atoms with Gasteiger partial charge in [-0.05, 0) is 55.5 Å². The SMILES string of the molecule is COc1ccc(-n2c(SCC(=O)NNC(=S)Nc3ccc(C)cc3)nnc2-c2ccccc2)cc1. The zero-order valence-corrected chi connectivity index (χ0v) is 20.8. The molecule has 0 aliphatic heterocycles. The molecule has 0 saturated heterocycles. The number of aromatic nitrogens is 3. The second kappa shape index (κ2) is 11.5. The fraction of sp³-hybridized carbons (Fsp3) is 0.120. The van der Waals surface area contributed by atoms with Crippen molar-refractivity contribution >= 4 is 40.7 Å². The fourth-order valence-electron chi connectivity index (χ4n) is 3.19. The Morgan fingerprint density at radius 1 is 0.971 bits per heavy atom. The molecule has 0 radical (unpaired) electrons. The quantitative estimate of drug-likeness (QED) is 0.194. The van der Waals surface area contributed by atoms with Crippen LogP contribution < -0.4 is 20.9 Å². The highest BCUT2D eigenvalue weighted by Crippen LogP contribution is 2.28. The van der Waals surface area contributed by atoms with E-state index < -0.39 is 0 Å². The van der Waals surface area contributed by atoms with Crippen LogP contribution in [0.3, 0.4) is 0 Å². The zero-order valence-electron chi connectivity index (χ0n) is 19.2. The Hall–Kier alpha value is -3.89. The highest BCUT2D eigenvalue weighted by molar-refractivity contribution is 7.99. The van der Waals surface area contributed by atoms with Crippen LogP contribution in [0.4, 0.5) is 5.69 Å². The summed E-state index contributed by atoms with van der Waals surface area (Å²) in [5, 5.41) is 12.6. The number of aryl methyl sites for hydroxylation is 1. The van der Waals surface area contributed by atoms with E-state index in [1.807, 2.05) is 90.4 Å². The van der Waals surface area contributed by atoms with Crippen LogP contribution in [0.25, 0.3) is 17.1 Å². The number of ether oxygens (including phenoxy) is 1. The summed E-state index contributed by atoms with van der Waals surface area (Å²) in [6, 6.07) is 25.2. The zero-order chi connectivity index (χ0) is 24.6. The number of carbonyl (C=O) groups excluding carboxylic acids is 1. The Bertz CT molecular complexity index is 1290. The van der Waals surface area contributed by atoms with Crippen LogP contribution in [-0.2, 0) is 4.79 Å². The third kappa shape index (κ3) is 6.37. The van der Waals surface area contributed by atoms with E-state index in [1.165, 1.54) is 11.8 Å². The van der Waals surface area contributed by atoms with Crippen molar-refractivity contribution in [2.24, 2.45) is 0 Å². The number of hydrogen-bond acceptors (Lipinski definition) is 6. The van der Waals surface area contributed by atoms with Gasteiger partial charge in [0, 0.05) is 16.9 Å². The molecule has 0 atom stereocenters. The molecule has 3 aromatic carbocycles. The van der Waals surface area contributed by atoms with Crippen LogP contribution in [0, 0.1) is 6.92 Å². The van der Waals surface area contributed by atoms with E-state index in [0.717, 1.165) is 28.3 Å². The van der Waals surface area contributed by atoms with Crippen molar-refractivity contribution in [2.75, 3.05) is 18.2 Å². The van der Waals surface area contributed by atoms with Gasteiger partial charge in [0.1, 0.15) is 5.75 Å². The van der Waals surface area contributed by atoms with Crippen LogP contribution in [0.15, 0.2) is 84.0 Å². The Kier molecular flexibility index (Phi) is 7.96. The Morgan fingerprint density at radius 2 is 1.69 bits per heavy atom. The lowest BCUT2D eigenvalue weighted by Gasteiger charge is -2.13. The number of nitrogens with zero attached hydrogens (tertiary/aromatic N) is 3. The predicted molar refractivity (Wildman–Crippen MR) is 143 cm³/mol. The normalized spacial score (nSPS) is 10.5. The largest absolute Gasteiger partial charge is 0.497 e. The summed E-state index contributed by atoms with van der Waals surface area (Å²) in [6.45, 7) is 2.01. The van der Waals surface area contributed by atoms with Crippen molar-refractivity contribution in [2.45, 2.75) is 12.1 Å². The smallest absolute Gasteiger partial charge is 0.248 e. The van der Waals surface area contributed by atoms with Crippen molar-refractivity contribution < 1.29 is 9.53 Å². The fourth-order valence-corrected chi connectivity index (χ4v) is 4.11. The van der Waals surface area contributed by atoms with Gasteiger partial charge >= 0.3 is 0 Å². The van der Waals surface area contributed by atoms with Crippen LogP contribution in [0.1, 0.15) is 5.56 Å². The number of hydrogen-bond donors (Lipinski definition) is 3. The molecular weight excluding hydrogens is 480 g/mol. The minimum Gasteiger partial charge on any atom is -0.497 e. The number of thiocarbonyl (C=S) groups is 1. The summed E-state index contributed by atoms with van der Waals surface area (Å²) in [4.78, 5) is 12.5. The van der Waals surface area contributed by atoms with Crippen molar-refractivity contribution in [1.29, 1.82) is 0 Å². The van der Waals surface area contributed by atoms with Gasteiger partial charge in [-0.3, -0.25) is 20.2 Å². The molecule has 1 amide bonds. The molecule has 1 heterocycles. The van der Waals surface area contributed by atoms with E-state index >= 15 is 0 Å². The molecule has 4 rings (SSSR count). The van der Waals surface area contributed by atoms with Crippen molar-refractivity contribution in [3.63, 3.8) is 0 Å². The van der Waals surface area contributed by atoms with E-state index in [-0.39, 0.29) is 11.7 Å². The molecule has 3 N–H and O–H groups in total. The van der Waals surface area contributed by atoms with Crippen molar-refractivity contribution in [3.8, 4) is 22.8 Å². The van der Waals surface area contributed by atoms with E-state index in [0.29, 0.717) is 16.1 Å². The molecule has 1 aromatic heterocycles. The number of amides is 1. The Morgan fingerprint density at radius 3 is 2.37 bits per heavy atom. The highest BCUT2D eigenvalue weighted by Gasteiger charge is 2.17. The Balaban J connectivity index is 1.42. The van der Waals surface area contributed by atoms with Gasteiger partial charge < -0.3 is 10.1 Å². The molecule has 0 spiro atoms. The first-order valence-electron chi connectivity index (χ1n) is 10.7.